The number of allylic oxidation sites excluding steroid dienone is 1. The van der Waals surface area contributed by atoms with Crippen LogP contribution in [0.3, 0.4) is 0 Å². The fraction of sp³-hybridized carbons (Fsp3) is 0.120. The average Bonchev–Trinajstić information content (AvgIpc) is 2.82. The van der Waals surface area contributed by atoms with Crippen molar-refractivity contribution < 1.29 is 27.2 Å². The third-order valence-corrected chi connectivity index (χ3v) is 4.99. The van der Waals surface area contributed by atoms with Crippen LogP contribution >= 0.6 is 0 Å². The summed E-state index contributed by atoms with van der Waals surface area (Å²) in [5.74, 6) is -3.23. The zero-order valence-electron chi connectivity index (χ0n) is 18.9. The van der Waals surface area contributed by atoms with Gasteiger partial charge < -0.3 is 21.8 Å². The molecule has 5 N–H and O–H groups in total. The number of nitrogens with one attached hydrogen (secondary N) is 3. The van der Waals surface area contributed by atoms with Crippen LogP contribution < -0.4 is 16.4 Å². The summed E-state index contributed by atoms with van der Waals surface area (Å²) in [5.41, 5.74) is 3.13. The van der Waals surface area contributed by atoms with Gasteiger partial charge in [0.1, 0.15) is 11.6 Å². The molecular formula is C25H21F4N5O2. The highest BCUT2D eigenvalue weighted by Gasteiger charge is 2.36. The van der Waals surface area contributed by atoms with Crippen LogP contribution in [0.5, 0.6) is 0 Å². The summed E-state index contributed by atoms with van der Waals surface area (Å²) in [5, 5.41) is 13.0. The number of alkyl halides is 3. The highest BCUT2D eigenvalue weighted by molar-refractivity contribution is 6.11. The quantitative estimate of drug-likeness (QED) is 0.273. The van der Waals surface area contributed by atoms with Gasteiger partial charge in [-0.25, -0.2) is 9.37 Å². The van der Waals surface area contributed by atoms with Crippen molar-refractivity contribution in [1.29, 1.82) is 5.41 Å². The van der Waals surface area contributed by atoms with Gasteiger partial charge in [0.05, 0.1) is 29.0 Å². The van der Waals surface area contributed by atoms with E-state index in [1.165, 1.54) is 19.3 Å². The molecule has 0 fully saturated rings. The molecule has 0 radical (unpaired) electrons. The van der Waals surface area contributed by atoms with Crippen molar-refractivity contribution in [3.63, 3.8) is 0 Å². The Morgan fingerprint density at radius 1 is 1.08 bits per heavy atom. The fourth-order valence-corrected chi connectivity index (χ4v) is 3.36. The van der Waals surface area contributed by atoms with Crippen molar-refractivity contribution in [1.82, 2.24) is 10.3 Å². The molecule has 0 unspecified atom stereocenters. The first-order valence-electron chi connectivity index (χ1n) is 10.5. The lowest BCUT2D eigenvalue weighted by atomic mass is 9.98. The minimum absolute atomic E-state index is 0.0454. The molecule has 0 aliphatic heterocycles. The second kappa shape index (κ2) is 10.8. The van der Waals surface area contributed by atoms with E-state index in [1.807, 2.05) is 0 Å². The zero-order valence-corrected chi connectivity index (χ0v) is 18.9. The summed E-state index contributed by atoms with van der Waals surface area (Å²) in [6.07, 6.45) is -2.92. The topological polar surface area (TPSA) is 121 Å². The van der Waals surface area contributed by atoms with Crippen LogP contribution in [0.15, 0.2) is 66.9 Å². The Kier molecular flexibility index (Phi) is 7.83. The number of anilines is 1. The Morgan fingerprint density at radius 2 is 1.78 bits per heavy atom. The number of primary amides is 1. The van der Waals surface area contributed by atoms with E-state index in [4.69, 9.17) is 11.1 Å². The number of benzene rings is 2. The van der Waals surface area contributed by atoms with Gasteiger partial charge in [-0.1, -0.05) is 30.3 Å². The second-order valence-corrected chi connectivity index (χ2v) is 7.57. The van der Waals surface area contributed by atoms with E-state index < -0.39 is 46.2 Å². The lowest BCUT2D eigenvalue weighted by molar-refractivity contribution is -0.137. The summed E-state index contributed by atoms with van der Waals surface area (Å²) < 4.78 is 55.3. The molecule has 2 aromatic carbocycles. The van der Waals surface area contributed by atoms with Gasteiger partial charge in [0.2, 0.25) is 5.91 Å². The van der Waals surface area contributed by atoms with E-state index in [9.17, 15) is 27.2 Å². The minimum atomic E-state index is -4.96. The number of amides is 2. The summed E-state index contributed by atoms with van der Waals surface area (Å²) in [7, 11) is 1.49. The molecule has 0 aliphatic rings. The third-order valence-electron chi connectivity index (χ3n) is 4.99. The van der Waals surface area contributed by atoms with Crippen LogP contribution in [0.2, 0.25) is 0 Å². The second-order valence-electron chi connectivity index (χ2n) is 7.57. The molecule has 1 aromatic heterocycles. The Hall–Kier alpha value is -4.54. The molecule has 1 heterocycles. The largest absolute Gasteiger partial charge is 0.417 e. The summed E-state index contributed by atoms with van der Waals surface area (Å²) in [4.78, 5) is 28.6. The highest BCUT2D eigenvalue weighted by Crippen LogP contribution is 2.34. The molecule has 2 amide bonds. The smallest absolute Gasteiger partial charge is 0.394 e. The van der Waals surface area contributed by atoms with Gasteiger partial charge in [-0.2, -0.15) is 13.2 Å². The molecule has 186 valence electrons. The fourth-order valence-electron chi connectivity index (χ4n) is 3.36. The molecular weight excluding hydrogens is 478 g/mol. The molecule has 0 aliphatic carbocycles. The number of hydrogen-bond donors (Lipinski definition) is 4. The number of rotatable bonds is 8. The molecule has 0 spiro atoms. The first kappa shape index (κ1) is 26.1. The highest BCUT2D eigenvalue weighted by atomic mass is 19.4. The monoisotopic (exact) mass is 499 g/mol. The van der Waals surface area contributed by atoms with Crippen molar-refractivity contribution in [3.8, 4) is 11.1 Å². The van der Waals surface area contributed by atoms with Crippen molar-refractivity contribution in [2.24, 2.45) is 5.73 Å². The number of aromatic nitrogens is 1. The standard InChI is InChI=1S/C25H21F4N5O2/c1-32-10-9-21(30)17-12-18(20(26)13-19(17)25(27,28)29)24(36)34-23-16(14-5-3-2-4-6-14)8-7-15(33-23)11-22(31)35/h2-10,12-13,30,32H,11H2,1H3,(H2,31,35)(H,33,34,36)/b10-9-,30-21?. The molecule has 3 aromatic rings. The van der Waals surface area contributed by atoms with Gasteiger partial charge in [0.25, 0.3) is 5.91 Å². The number of nitrogens with zero attached hydrogens (tertiary/aromatic N) is 1. The van der Waals surface area contributed by atoms with Crippen molar-refractivity contribution in [3.05, 3.63) is 95.1 Å². The van der Waals surface area contributed by atoms with Gasteiger partial charge in [-0.05, 0) is 42.1 Å². The number of carbonyl (C=O) groups excluding carboxylic acids is 2. The maximum absolute atomic E-state index is 14.8. The van der Waals surface area contributed by atoms with Crippen molar-refractivity contribution in [2.45, 2.75) is 12.6 Å². The molecule has 3 rings (SSSR count). The van der Waals surface area contributed by atoms with Crippen LogP contribution in [0, 0.1) is 11.2 Å². The molecule has 0 saturated heterocycles. The normalized spacial score (nSPS) is 11.4. The Balaban J connectivity index is 2.09. The van der Waals surface area contributed by atoms with E-state index >= 15 is 0 Å². The van der Waals surface area contributed by atoms with Crippen LogP contribution in [-0.4, -0.2) is 29.6 Å². The maximum Gasteiger partial charge on any atom is 0.417 e. The van der Waals surface area contributed by atoms with E-state index in [0.29, 0.717) is 17.2 Å². The Morgan fingerprint density at radius 3 is 2.39 bits per heavy atom. The van der Waals surface area contributed by atoms with Crippen LogP contribution in [0.1, 0.15) is 27.2 Å². The molecule has 7 nitrogen and oxygen atoms in total. The van der Waals surface area contributed by atoms with Crippen LogP contribution in [-0.2, 0) is 17.4 Å². The van der Waals surface area contributed by atoms with Gasteiger partial charge in [0, 0.05) is 18.2 Å². The molecule has 0 bridgehead atoms. The predicted molar refractivity (Wildman–Crippen MR) is 127 cm³/mol. The Labute approximate surface area is 203 Å². The van der Waals surface area contributed by atoms with E-state index in [1.54, 1.807) is 36.4 Å². The number of hydrogen-bond acceptors (Lipinski definition) is 5. The predicted octanol–water partition coefficient (Wildman–Crippen LogP) is 4.29. The van der Waals surface area contributed by atoms with Crippen LogP contribution in [0.4, 0.5) is 23.4 Å². The van der Waals surface area contributed by atoms with Gasteiger partial charge in [0.15, 0.2) is 0 Å². The lowest BCUT2D eigenvalue weighted by Crippen LogP contribution is -2.20. The first-order valence-corrected chi connectivity index (χ1v) is 10.5. The number of nitrogens with two attached hydrogens (primary N) is 1. The van der Waals surface area contributed by atoms with Crippen LogP contribution in [0.25, 0.3) is 11.1 Å². The summed E-state index contributed by atoms with van der Waals surface area (Å²) in [6.45, 7) is 0. The lowest BCUT2D eigenvalue weighted by Gasteiger charge is -2.16. The Bertz CT molecular complexity index is 1340. The molecule has 0 atom stereocenters. The average molecular weight is 499 g/mol. The van der Waals surface area contributed by atoms with Gasteiger partial charge in [-0.3, -0.25) is 9.59 Å². The summed E-state index contributed by atoms with van der Waals surface area (Å²) in [6, 6.07) is 12.7. The van der Waals surface area contributed by atoms with E-state index in [0.717, 1.165) is 6.08 Å². The molecule has 36 heavy (non-hydrogen) atoms. The maximum atomic E-state index is 14.8. The van der Waals surface area contributed by atoms with Crippen molar-refractivity contribution in [2.75, 3.05) is 12.4 Å². The number of pyridine rings is 1. The zero-order chi connectivity index (χ0) is 26.5. The van der Waals surface area contributed by atoms with Gasteiger partial charge >= 0.3 is 6.18 Å². The summed E-state index contributed by atoms with van der Waals surface area (Å²) >= 11 is 0. The number of halogens is 4. The number of carbonyl (C=O) groups is 2. The minimum Gasteiger partial charge on any atom is -0.394 e. The van der Waals surface area contributed by atoms with Crippen molar-refractivity contribution >= 4 is 23.3 Å². The van der Waals surface area contributed by atoms with Gasteiger partial charge in [-0.15, -0.1) is 0 Å². The third kappa shape index (κ3) is 6.12. The molecule has 11 heteroatoms. The SMILES string of the molecule is CN/C=C\C(=N)c1cc(C(=O)Nc2nc(CC(N)=O)ccc2-c2ccccc2)c(F)cc1C(F)(F)F. The van der Waals surface area contributed by atoms with E-state index in [2.05, 4.69) is 15.6 Å². The molecule has 0 saturated carbocycles. The first-order chi connectivity index (χ1) is 17.0. The van der Waals surface area contributed by atoms with E-state index in [-0.39, 0.29) is 24.0 Å².